The summed E-state index contributed by atoms with van der Waals surface area (Å²) in [6, 6.07) is 11.2. The molecule has 1 fully saturated rings. The Morgan fingerprint density at radius 3 is 3.10 bits per heavy atom. The Labute approximate surface area is 179 Å². The number of hydrogen-bond acceptors (Lipinski definition) is 7. The Balaban J connectivity index is 1.42. The lowest BCUT2D eigenvalue weighted by Gasteiger charge is -2.17. The van der Waals surface area contributed by atoms with Gasteiger partial charge in [0.05, 0.1) is 11.6 Å². The van der Waals surface area contributed by atoms with Crippen molar-refractivity contribution >= 4 is 23.2 Å². The molecule has 8 heteroatoms. The zero-order valence-corrected chi connectivity index (χ0v) is 17.5. The third-order valence-corrected chi connectivity index (χ3v) is 6.41. The third kappa shape index (κ3) is 4.38. The van der Waals surface area contributed by atoms with Gasteiger partial charge in [0.25, 0.3) is 5.91 Å². The third-order valence-electron chi connectivity index (χ3n) is 5.26. The minimum Gasteiger partial charge on any atom is -0.454 e. The van der Waals surface area contributed by atoms with E-state index in [1.807, 2.05) is 31.2 Å². The number of rotatable bonds is 5. The number of ether oxygens (including phenoxy) is 2. The van der Waals surface area contributed by atoms with Gasteiger partial charge < -0.3 is 20.1 Å². The van der Waals surface area contributed by atoms with Crippen LogP contribution in [-0.4, -0.2) is 43.7 Å². The molecule has 0 aliphatic carbocycles. The number of esters is 1. The minimum absolute atomic E-state index is 0.245. The van der Waals surface area contributed by atoms with Crippen LogP contribution >= 0.6 is 11.3 Å². The van der Waals surface area contributed by atoms with Crippen LogP contribution in [0.25, 0.3) is 10.4 Å². The number of nitriles is 1. The molecule has 1 aromatic heterocycles. The number of thiophene rings is 1. The number of fused-ring (bicyclic) bond motifs is 1. The van der Waals surface area contributed by atoms with Gasteiger partial charge in [-0.15, -0.1) is 11.3 Å². The first-order chi connectivity index (χ1) is 14.5. The van der Waals surface area contributed by atoms with E-state index >= 15 is 0 Å². The van der Waals surface area contributed by atoms with Gasteiger partial charge in [0, 0.05) is 34.9 Å². The van der Waals surface area contributed by atoms with Crippen molar-refractivity contribution in [1.82, 2.24) is 10.6 Å². The highest BCUT2D eigenvalue weighted by Crippen LogP contribution is 2.36. The Morgan fingerprint density at radius 2 is 2.27 bits per heavy atom. The van der Waals surface area contributed by atoms with E-state index in [4.69, 9.17) is 9.47 Å². The molecule has 30 heavy (non-hydrogen) atoms. The molecule has 2 aliphatic rings. The number of amides is 1. The number of carbonyl (C=O) groups is 2. The van der Waals surface area contributed by atoms with Crippen LogP contribution in [-0.2, 0) is 20.7 Å². The monoisotopic (exact) mass is 425 g/mol. The molecule has 0 spiro atoms. The Kier molecular flexibility index (Phi) is 6.13. The quantitative estimate of drug-likeness (QED) is 0.714. The first-order valence-electron chi connectivity index (χ1n) is 10.0. The maximum absolute atomic E-state index is 12.4. The van der Waals surface area contributed by atoms with Crippen molar-refractivity contribution < 1.29 is 19.1 Å². The van der Waals surface area contributed by atoms with E-state index in [9.17, 15) is 14.9 Å². The van der Waals surface area contributed by atoms with E-state index in [0.29, 0.717) is 25.1 Å². The molecule has 2 aliphatic heterocycles. The molecule has 0 saturated carbocycles. The molecule has 2 aromatic rings. The maximum Gasteiger partial charge on any atom is 0.339 e. The van der Waals surface area contributed by atoms with E-state index in [1.54, 1.807) is 17.4 Å². The Morgan fingerprint density at radius 1 is 1.40 bits per heavy atom. The highest BCUT2D eigenvalue weighted by Gasteiger charge is 2.28. The highest BCUT2D eigenvalue weighted by molar-refractivity contribution is 7.15. The molecule has 3 atom stereocenters. The van der Waals surface area contributed by atoms with Gasteiger partial charge in [0.15, 0.2) is 0 Å². The van der Waals surface area contributed by atoms with Crippen LogP contribution in [0.1, 0.15) is 40.2 Å². The smallest absolute Gasteiger partial charge is 0.339 e. The Hall–Kier alpha value is -2.73. The molecule has 0 bridgehead atoms. The van der Waals surface area contributed by atoms with E-state index in [0.717, 1.165) is 33.8 Å². The van der Waals surface area contributed by atoms with Gasteiger partial charge in [-0.2, -0.15) is 5.26 Å². The molecular weight excluding hydrogens is 402 g/mol. The molecular formula is C22H23N3O4S. The zero-order chi connectivity index (χ0) is 21.1. The average molecular weight is 426 g/mol. The van der Waals surface area contributed by atoms with Crippen molar-refractivity contribution in [2.75, 3.05) is 19.7 Å². The van der Waals surface area contributed by atoms with E-state index in [1.165, 1.54) is 0 Å². The summed E-state index contributed by atoms with van der Waals surface area (Å²) in [7, 11) is 0. The topological polar surface area (TPSA) is 100 Å². The summed E-state index contributed by atoms with van der Waals surface area (Å²) >= 11 is 1.57. The second kappa shape index (κ2) is 8.96. The van der Waals surface area contributed by atoms with Crippen molar-refractivity contribution in [3.8, 4) is 16.5 Å². The SMILES string of the molecule is C[C@H]1OC(=O)c2ccc(-c3ccc(C[C@@H](C#N)NC(=O)[C@@H]4CNCCCO4)s3)cc21. The predicted molar refractivity (Wildman–Crippen MR) is 112 cm³/mol. The normalized spacial score (nSPS) is 21.8. The van der Waals surface area contributed by atoms with Gasteiger partial charge in [-0.25, -0.2) is 4.79 Å². The summed E-state index contributed by atoms with van der Waals surface area (Å²) in [5, 5.41) is 15.5. The van der Waals surface area contributed by atoms with Gasteiger partial charge in [0.2, 0.25) is 0 Å². The molecule has 0 radical (unpaired) electrons. The second-order valence-corrected chi connectivity index (χ2v) is 8.60. The number of carbonyl (C=O) groups excluding carboxylic acids is 2. The largest absolute Gasteiger partial charge is 0.454 e. The molecule has 7 nitrogen and oxygen atoms in total. The maximum atomic E-state index is 12.4. The van der Waals surface area contributed by atoms with Crippen molar-refractivity contribution in [3.63, 3.8) is 0 Å². The van der Waals surface area contributed by atoms with E-state index in [-0.39, 0.29) is 18.0 Å². The van der Waals surface area contributed by atoms with Gasteiger partial charge in [0.1, 0.15) is 18.2 Å². The summed E-state index contributed by atoms with van der Waals surface area (Å²) in [6.45, 7) is 3.68. The number of nitrogens with one attached hydrogen (secondary N) is 2. The molecule has 1 aromatic carbocycles. The Bertz CT molecular complexity index is 989. The molecule has 156 valence electrons. The van der Waals surface area contributed by atoms with Crippen LogP contribution in [0.2, 0.25) is 0 Å². The summed E-state index contributed by atoms with van der Waals surface area (Å²) < 4.78 is 10.8. The van der Waals surface area contributed by atoms with Crippen LogP contribution in [0.5, 0.6) is 0 Å². The standard InChI is InChI=1S/C22H23N3O4S/c1-13-18-9-14(3-5-17(18)22(27)29-13)20-6-4-16(30-20)10-15(11-23)25-21(26)19-12-24-7-2-8-28-19/h3-6,9,13,15,19,24H,2,7-8,10,12H2,1H3,(H,25,26)/t13-,15+,19+/m1/s1. The van der Waals surface area contributed by atoms with Crippen molar-refractivity contribution in [2.45, 2.75) is 38.0 Å². The van der Waals surface area contributed by atoms with E-state index < -0.39 is 12.1 Å². The van der Waals surface area contributed by atoms with Crippen LogP contribution in [0, 0.1) is 11.3 Å². The van der Waals surface area contributed by atoms with E-state index in [2.05, 4.69) is 16.7 Å². The summed E-state index contributed by atoms with van der Waals surface area (Å²) in [4.78, 5) is 26.3. The first kappa shape index (κ1) is 20.5. The average Bonchev–Trinajstić information content (AvgIpc) is 3.19. The summed E-state index contributed by atoms with van der Waals surface area (Å²) in [5.41, 5.74) is 2.52. The molecule has 4 rings (SSSR count). The van der Waals surface area contributed by atoms with Crippen LogP contribution < -0.4 is 10.6 Å². The van der Waals surface area contributed by atoms with Crippen LogP contribution in [0.3, 0.4) is 0 Å². The lowest BCUT2D eigenvalue weighted by Crippen LogP contribution is -2.46. The number of hydrogen-bond donors (Lipinski definition) is 2. The molecule has 3 heterocycles. The fourth-order valence-electron chi connectivity index (χ4n) is 3.65. The van der Waals surface area contributed by atoms with Crippen molar-refractivity contribution in [3.05, 3.63) is 46.3 Å². The number of cyclic esters (lactones) is 1. The zero-order valence-electron chi connectivity index (χ0n) is 16.6. The lowest BCUT2D eigenvalue weighted by molar-refractivity contribution is -0.132. The van der Waals surface area contributed by atoms with Gasteiger partial charge in [-0.1, -0.05) is 6.07 Å². The van der Waals surface area contributed by atoms with Crippen LogP contribution in [0.4, 0.5) is 0 Å². The lowest BCUT2D eigenvalue weighted by atomic mass is 10.0. The number of benzene rings is 1. The predicted octanol–water partition coefficient (Wildman–Crippen LogP) is 2.58. The van der Waals surface area contributed by atoms with Gasteiger partial charge in [-0.3, -0.25) is 4.79 Å². The summed E-state index contributed by atoms with van der Waals surface area (Å²) in [6.07, 6.45) is 0.479. The fourth-order valence-corrected chi connectivity index (χ4v) is 4.70. The van der Waals surface area contributed by atoms with Crippen LogP contribution in [0.15, 0.2) is 30.3 Å². The summed E-state index contributed by atoms with van der Waals surface area (Å²) in [5.74, 6) is -0.540. The van der Waals surface area contributed by atoms with Gasteiger partial charge >= 0.3 is 5.97 Å². The fraction of sp³-hybridized carbons (Fsp3) is 0.409. The number of nitrogens with zero attached hydrogens (tertiary/aromatic N) is 1. The van der Waals surface area contributed by atoms with Gasteiger partial charge in [-0.05, 0) is 49.7 Å². The highest BCUT2D eigenvalue weighted by atomic mass is 32.1. The first-order valence-corrected chi connectivity index (χ1v) is 10.8. The van der Waals surface area contributed by atoms with Crippen molar-refractivity contribution in [1.29, 1.82) is 5.26 Å². The molecule has 2 N–H and O–H groups in total. The van der Waals surface area contributed by atoms with Crippen molar-refractivity contribution in [2.24, 2.45) is 0 Å². The second-order valence-electron chi connectivity index (χ2n) is 7.43. The minimum atomic E-state index is -0.623. The molecule has 1 saturated heterocycles. The molecule has 1 amide bonds. The molecule has 0 unspecified atom stereocenters.